The van der Waals surface area contributed by atoms with Crippen molar-refractivity contribution < 1.29 is 9.34 Å². The summed E-state index contributed by atoms with van der Waals surface area (Å²) in [7, 11) is 0. The van der Waals surface area contributed by atoms with Crippen LogP contribution in [0.4, 0.5) is 11.4 Å². The van der Waals surface area contributed by atoms with Gasteiger partial charge in [-0.2, -0.15) is 0 Å². The summed E-state index contributed by atoms with van der Waals surface area (Å²) in [5.74, 6) is 1.29. The molecule has 2 aromatic rings. The van der Waals surface area contributed by atoms with Crippen molar-refractivity contribution in [3.8, 4) is 0 Å². The molecule has 6 nitrogen and oxygen atoms in total. The van der Waals surface area contributed by atoms with Gasteiger partial charge in [0.15, 0.2) is 0 Å². The molecular weight excluding hydrogens is 246 g/mol. The van der Waals surface area contributed by atoms with Crippen molar-refractivity contribution in [1.82, 2.24) is 4.98 Å². The number of hydrogen-bond acceptors (Lipinski definition) is 5. The molecule has 0 bridgehead atoms. The van der Waals surface area contributed by atoms with E-state index in [9.17, 15) is 10.1 Å². The van der Waals surface area contributed by atoms with E-state index in [1.54, 1.807) is 12.3 Å². The van der Waals surface area contributed by atoms with Crippen LogP contribution in [0.2, 0.25) is 0 Å². The minimum atomic E-state index is -0.412. The average Bonchev–Trinajstić information content (AvgIpc) is 2.78. The first-order valence-electron chi connectivity index (χ1n) is 5.91. The Hall–Kier alpha value is -2.37. The van der Waals surface area contributed by atoms with Crippen molar-refractivity contribution in [2.24, 2.45) is 0 Å². The fourth-order valence-electron chi connectivity index (χ4n) is 1.75. The monoisotopic (exact) mass is 261 g/mol. The summed E-state index contributed by atoms with van der Waals surface area (Å²) in [6.07, 6.45) is 1.65. The summed E-state index contributed by atoms with van der Waals surface area (Å²) in [5.41, 5.74) is 1.70. The second-order valence-corrected chi connectivity index (χ2v) is 4.43. The topological polar surface area (TPSA) is 81.2 Å². The van der Waals surface area contributed by atoms with Crippen LogP contribution in [0.3, 0.4) is 0 Å². The van der Waals surface area contributed by atoms with Gasteiger partial charge in [-0.1, -0.05) is 6.07 Å². The number of aryl methyl sites for hydroxylation is 2. The van der Waals surface area contributed by atoms with Crippen LogP contribution in [0.1, 0.15) is 30.2 Å². The van der Waals surface area contributed by atoms with Gasteiger partial charge in [0.1, 0.15) is 11.8 Å². The van der Waals surface area contributed by atoms with Gasteiger partial charge in [0.2, 0.25) is 5.89 Å². The maximum Gasteiger partial charge on any atom is 0.271 e. The fourth-order valence-corrected chi connectivity index (χ4v) is 1.75. The number of nitro groups is 1. The molecule has 0 aliphatic rings. The lowest BCUT2D eigenvalue weighted by atomic mass is 10.1. The van der Waals surface area contributed by atoms with Crippen LogP contribution in [0.5, 0.6) is 0 Å². The number of non-ortho nitro benzene ring substituents is 1. The van der Waals surface area contributed by atoms with E-state index >= 15 is 0 Å². The molecule has 0 aliphatic carbocycles. The third-order valence-corrected chi connectivity index (χ3v) is 2.81. The summed E-state index contributed by atoms with van der Waals surface area (Å²) >= 11 is 0. The molecule has 0 aliphatic heterocycles. The molecule has 0 amide bonds. The van der Waals surface area contributed by atoms with Crippen LogP contribution >= 0.6 is 0 Å². The summed E-state index contributed by atoms with van der Waals surface area (Å²) in [6, 6.07) is 4.56. The van der Waals surface area contributed by atoms with Gasteiger partial charge >= 0.3 is 0 Å². The zero-order chi connectivity index (χ0) is 14.0. The quantitative estimate of drug-likeness (QED) is 0.674. The molecule has 6 heteroatoms. The highest BCUT2D eigenvalue weighted by atomic mass is 16.6. The molecule has 0 saturated carbocycles. The molecule has 0 saturated heterocycles. The average molecular weight is 261 g/mol. The third-order valence-electron chi connectivity index (χ3n) is 2.81. The highest BCUT2D eigenvalue weighted by molar-refractivity contribution is 5.57. The van der Waals surface area contributed by atoms with E-state index in [1.165, 1.54) is 12.1 Å². The Morgan fingerprint density at radius 1 is 1.42 bits per heavy atom. The molecule has 0 radical (unpaired) electrons. The molecule has 19 heavy (non-hydrogen) atoms. The molecule has 100 valence electrons. The van der Waals surface area contributed by atoms with E-state index in [1.807, 2.05) is 20.8 Å². The zero-order valence-corrected chi connectivity index (χ0v) is 11.0. The van der Waals surface area contributed by atoms with Crippen molar-refractivity contribution >= 4 is 11.4 Å². The molecule has 0 fully saturated rings. The van der Waals surface area contributed by atoms with Crippen molar-refractivity contribution in [1.29, 1.82) is 0 Å². The number of aromatic nitrogens is 1. The highest BCUT2D eigenvalue weighted by Crippen LogP contribution is 2.25. The van der Waals surface area contributed by atoms with E-state index in [-0.39, 0.29) is 11.7 Å². The lowest BCUT2D eigenvalue weighted by molar-refractivity contribution is -0.384. The number of oxazole rings is 1. The third kappa shape index (κ3) is 2.90. The highest BCUT2D eigenvalue weighted by Gasteiger charge is 2.14. The number of benzene rings is 1. The Bertz CT molecular complexity index is 607. The number of nitrogens with one attached hydrogen (secondary N) is 1. The van der Waals surface area contributed by atoms with E-state index in [4.69, 9.17) is 4.42 Å². The molecular formula is C13H15N3O3. The zero-order valence-electron chi connectivity index (χ0n) is 11.0. The predicted octanol–water partition coefficient (Wildman–Crippen LogP) is 3.37. The normalized spacial score (nSPS) is 12.2. The van der Waals surface area contributed by atoms with Crippen LogP contribution in [0.25, 0.3) is 0 Å². The van der Waals surface area contributed by atoms with Crippen LogP contribution in [-0.2, 0) is 0 Å². The van der Waals surface area contributed by atoms with Crippen molar-refractivity contribution in [2.75, 3.05) is 5.32 Å². The molecule has 1 heterocycles. The van der Waals surface area contributed by atoms with Crippen molar-refractivity contribution in [2.45, 2.75) is 26.8 Å². The van der Waals surface area contributed by atoms with Crippen LogP contribution in [-0.4, -0.2) is 9.91 Å². The first-order valence-corrected chi connectivity index (χ1v) is 5.91. The molecule has 1 aromatic heterocycles. The van der Waals surface area contributed by atoms with Crippen molar-refractivity contribution in [3.05, 3.63) is 51.7 Å². The van der Waals surface area contributed by atoms with Gasteiger partial charge in [-0.25, -0.2) is 4.98 Å². The fraction of sp³-hybridized carbons (Fsp3) is 0.308. The molecule has 1 atom stereocenters. The maximum absolute atomic E-state index is 10.8. The maximum atomic E-state index is 10.8. The van der Waals surface area contributed by atoms with Gasteiger partial charge in [0, 0.05) is 17.8 Å². The minimum Gasteiger partial charge on any atom is -0.444 e. The second-order valence-electron chi connectivity index (χ2n) is 4.43. The smallest absolute Gasteiger partial charge is 0.271 e. The summed E-state index contributed by atoms with van der Waals surface area (Å²) in [6.45, 7) is 5.60. The second kappa shape index (κ2) is 5.09. The van der Waals surface area contributed by atoms with Gasteiger partial charge in [-0.15, -0.1) is 0 Å². The standard InChI is InChI=1S/C13H15N3O3/c1-8-4-5-11(16(17)18)6-12(8)15-10(3)13-14-7-9(2)19-13/h4-7,10,15H,1-3H3. The van der Waals surface area contributed by atoms with E-state index in [0.29, 0.717) is 11.6 Å². The Morgan fingerprint density at radius 3 is 2.74 bits per heavy atom. The van der Waals surface area contributed by atoms with Gasteiger partial charge in [-0.05, 0) is 26.3 Å². The summed E-state index contributed by atoms with van der Waals surface area (Å²) in [4.78, 5) is 14.5. The minimum absolute atomic E-state index is 0.0592. The Labute approximate surface area is 110 Å². The lowest BCUT2D eigenvalue weighted by Crippen LogP contribution is -2.08. The number of rotatable bonds is 4. The molecule has 1 N–H and O–H groups in total. The van der Waals surface area contributed by atoms with E-state index < -0.39 is 4.92 Å². The first-order chi connectivity index (χ1) is 8.97. The van der Waals surface area contributed by atoms with Gasteiger partial charge in [-0.3, -0.25) is 10.1 Å². The first kappa shape index (κ1) is 13.1. The Kier molecular flexibility index (Phi) is 3.50. The van der Waals surface area contributed by atoms with Crippen LogP contribution in [0.15, 0.2) is 28.8 Å². The SMILES string of the molecule is Cc1cnc(C(C)Nc2cc([N+](=O)[O-])ccc2C)o1. The summed E-state index contributed by atoms with van der Waals surface area (Å²) < 4.78 is 5.43. The van der Waals surface area contributed by atoms with E-state index in [2.05, 4.69) is 10.3 Å². The number of nitrogens with zero attached hydrogens (tertiary/aromatic N) is 2. The largest absolute Gasteiger partial charge is 0.444 e. The number of nitro benzene ring substituents is 1. The number of hydrogen-bond donors (Lipinski definition) is 1. The number of anilines is 1. The van der Waals surface area contributed by atoms with Gasteiger partial charge in [0.25, 0.3) is 5.69 Å². The Morgan fingerprint density at radius 2 is 2.16 bits per heavy atom. The lowest BCUT2D eigenvalue weighted by Gasteiger charge is -2.13. The van der Waals surface area contributed by atoms with Crippen molar-refractivity contribution in [3.63, 3.8) is 0 Å². The molecule has 2 rings (SSSR count). The molecule has 0 spiro atoms. The van der Waals surface area contributed by atoms with Gasteiger partial charge < -0.3 is 9.73 Å². The molecule has 1 unspecified atom stereocenters. The van der Waals surface area contributed by atoms with Gasteiger partial charge in [0.05, 0.1) is 11.1 Å². The Balaban J connectivity index is 2.22. The summed E-state index contributed by atoms with van der Waals surface area (Å²) in [5, 5.41) is 13.9. The molecule has 1 aromatic carbocycles. The van der Waals surface area contributed by atoms with Crippen LogP contribution < -0.4 is 5.32 Å². The van der Waals surface area contributed by atoms with E-state index in [0.717, 1.165) is 11.3 Å². The van der Waals surface area contributed by atoms with Crippen LogP contribution in [0, 0.1) is 24.0 Å². The predicted molar refractivity (Wildman–Crippen MR) is 71.1 cm³/mol.